The van der Waals surface area contributed by atoms with Gasteiger partial charge in [-0.05, 0) is 49.6 Å². The summed E-state index contributed by atoms with van der Waals surface area (Å²) in [6, 6.07) is 30.2. The standard InChI is InChI=1S/C29H29N2PS/c1-20-8-14-25(15-9-20)32(26-16-10-21(2)11-17-26)31-24-13-12-23(18-24)28(31)29-30-27(19-33-29)22-6-4-3-5-7-22/h3-11,14-17,19,23-24,28H,12-13,18H2,1-2H3/t23-,24+,28-/m1/s1. The molecule has 4 aromatic rings. The van der Waals surface area contributed by atoms with Crippen molar-refractivity contribution in [1.29, 1.82) is 0 Å². The van der Waals surface area contributed by atoms with E-state index in [0.29, 0.717) is 18.0 Å². The molecule has 33 heavy (non-hydrogen) atoms. The van der Waals surface area contributed by atoms with E-state index in [-0.39, 0.29) is 0 Å². The van der Waals surface area contributed by atoms with Gasteiger partial charge >= 0.3 is 0 Å². The zero-order valence-electron chi connectivity index (χ0n) is 19.2. The van der Waals surface area contributed by atoms with Crippen LogP contribution in [0.25, 0.3) is 11.3 Å². The van der Waals surface area contributed by atoms with Crippen LogP contribution < -0.4 is 10.6 Å². The molecule has 1 aromatic heterocycles. The third-order valence-corrected chi connectivity index (χ3v) is 10.7. The molecule has 0 N–H and O–H groups in total. The van der Waals surface area contributed by atoms with Crippen LogP contribution in [0.15, 0.2) is 84.2 Å². The van der Waals surface area contributed by atoms with Crippen molar-refractivity contribution in [2.24, 2.45) is 5.92 Å². The molecule has 1 aliphatic carbocycles. The van der Waals surface area contributed by atoms with E-state index in [2.05, 4.69) is 103 Å². The van der Waals surface area contributed by atoms with Crippen LogP contribution in [0.1, 0.15) is 41.4 Å². The van der Waals surface area contributed by atoms with Crippen molar-refractivity contribution in [1.82, 2.24) is 9.65 Å². The Morgan fingerprint density at radius 3 is 2.09 bits per heavy atom. The fourth-order valence-electron chi connectivity index (χ4n) is 5.52. The van der Waals surface area contributed by atoms with Gasteiger partial charge in [-0.15, -0.1) is 11.3 Å². The fourth-order valence-corrected chi connectivity index (χ4v) is 9.39. The molecule has 2 aliphatic rings. The molecule has 0 amide bonds. The number of piperidine rings is 1. The molecular formula is C29H29N2PS. The van der Waals surface area contributed by atoms with Crippen LogP contribution in [0.5, 0.6) is 0 Å². The topological polar surface area (TPSA) is 16.1 Å². The lowest BCUT2D eigenvalue weighted by atomic mass is 10.0. The van der Waals surface area contributed by atoms with E-state index in [1.807, 2.05) is 11.3 Å². The van der Waals surface area contributed by atoms with Gasteiger partial charge in [0.1, 0.15) is 5.01 Å². The van der Waals surface area contributed by atoms with Crippen LogP contribution in [0.4, 0.5) is 0 Å². The molecule has 6 rings (SSSR count). The average Bonchev–Trinajstić information content (AvgIpc) is 3.59. The van der Waals surface area contributed by atoms with Crippen molar-refractivity contribution in [2.45, 2.75) is 45.2 Å². The lowest BCUT2D eigenvalue weighted by Gasteiger charge is -2.40. The van der Waals surface area contributed by atoms with Gasteiger partial charge in [0.05, 0.1) is 11.7 Å². The second-order valence-electron chi connectivity index (χ2n) is 9.47. The van der Waals surface area contributed by atoms with Crippen LogP contribution >= 0.6 is 19.4 Å². The zero-order chi connectivity index (χ0) is 22.4. The Bertz CT molecular complexity index is 1190. The molecule has 1 saturated heterocycles. The van der Waals surface area contributed by atoms with Crippen molar-refractivity contribution < 1.29 is 0 Å². The lowest BCUT2D eigenvalue weighted by Crippen LogP contribution is -2.37. The number of hydrogen-bond donors (Lipinski definition) is 0. The molecule has 0 radical (unpaired) electrons. The maximum atomic E-state index is 5.22. The number of thiazole rings is 1. The van der Waals surface area contributed by atoms with Gasteiger partial charge in [-0.2, -0.15) is 0 Å². The van der Waals surface area contributed by atoms with Gasteiger partial charge in [0, 0.05) is 25.1 Å². The molecule has 0 unspecified atom stereocenters. The maximum absolute atomic E-state index is 5.22. The first-order valence-electron chi connectivity index (χ1n) is 11.9. The number of benzene rings is 3. The number of hydrogen-bond acceptors (Lipinski definition) is 3. The number of aromatic nitrogens is 1. The van der Waals surface area contributed by atoms with E-state index in [1.54, 1.807) is 0 Å². The molecule has 0 spiro atoms. The predicted octanol–water partition coefficient (Wildman–Crippen LogP) is 7.00. The van der Waals surface area contributed by atoms with E-state index >= 15 is 0 Å². The first kappa shape index (κ1) is 21.2. The smallest absolute Gasteiger partial charge is 0.111 e. The van der Waals surface area contributed by atoms with Crippen LogP contribution in [0.2, 0.25) is 0 Å². The van der Waals surface area contributed by atoms with Crippen molar-refractivity contribution in [3.63, 3.8) is 0 Å². The van der Waals surface area contributed by atoms with E-state index in [1.165, 1.54) is 51.6 Å². The SMILES string of the molecule is Cc1ccc(P(c2ccc(C)cc2)N2[C@H]3CC[C@H](C3)[C@@H]2c2nc(-c3ccccc3)cs2)cc1. The van der Waals surface area contributed by atoms with Crippen LogP contribution in [0, 0.1) is 19.8 Å². The van der Waals surface area contributed by atoms with Gasteiger partial charge in [0.2, 0.25) is 0 Å². The zero-order valence-corrected chi connectivity index (χ0v) is 20.9. The van der Waals surface area contributed by atoms with Crippen molar-refractivity contribution in [3.8, 4) is 11.3 Å². The molecule has 3 aromatic carbocycles. The summed E-state index contributed by atoms with van der Waals surface area (Å²) in [4.78, 5) is 5.22. The first-order valence-corrected chi connectivity index (χ1v) is 14.1. The quantitative estimate of drug-likeness (QED) is 0.293. The fraction of sp³-hybridized carbons (Fsp3) is 0.276. The third-order valence-electron chi connectivity index (χ3n) is 7.18. The van der Waals surface area contributed by atoms with Gasteiger partial charge in [-0.25, -0.2) is 4.98 Å². The minimum Gasteiger partial charge on any atom is -0.262 e. The van der Waals surface area contributed by atoms with Crippen molar-refractivity contribution in [3.05, 3.63) is 100 Å². The van der Waals surface area contributed by atoms with Crippen LogP contribution in [0.3, 0.4) is 0 Å². The van der Waals surface area contributed by atoms with Crippen molar-refractivity contribution in [2.75, 3.05) is 0 Å². The Morgan fingerprint density at radius 2 is 1.45 bits per heavy atom. The molecule has 2 nitrogen and oxygen atoms in total. The van der Waals surface area contributed by atoms with Gasteiger partial charge in [0.25, 0.3) is 0 Å². The molecule has 166 valence electrons. The van der Waals surface area contributed by atoms with E-state index < -0.39 is 8.07 Å². The number of aryl methyl sites for hydroxylation is 2. The molecule has 1 saturated carbocycles. The molecule has 2 fully saturated rings. The van der Waals surface area contributed by atoms with Crippen LogP contribution in [-0.2, 0) is 0 Å². The summed E-state index contributed by atoms with van der Waals surface area (Å²) in [5.74, 6) is 0.714. The maximum Gasteiger partial charge on any atom is 0.111 e. The summed E-state index contributed by atoms with van der Waals surface area (Å²) in [6.07, 6.45) is 3.95. The Kier molecular flexibility index (Phi) is 5.66. The highest BCUT2D eigenvalue weighted by molar-refractivity contribution is 7.70. The van der Waals surface area contributed by atoms with Gasteiger partial charge in [0.15, 0.2) is 0 Å². The van der Waals surface area contributed by atoms with Gasteiger partial charge in [-0.3, -0.25) is 4.67 Å². The molecule has 4 heteroatoms. The number of nitrogens with zero attached hydrogens (tertiary/aromatic N) is 2. The first-order chi connectivity index (χ1) is 16.2. The number of rotatable bonds is 5. The molecular weight excluding hydrogens is 439 g/mol. The monoisotopic (exact) mass is 468 g/mol. The second kappa shape index (κ2) is 8.80. The number of fused-ring (bicyclic) bond motifs is 2. The molecule has 1 aliphatic heterocycles. The summed E-state index contributed by atoms with van der Waals surface area (Å²) >= 11 is 1.86. The Hall–Kier alpha value is -2.32. The normalized spacial score (nSPS) is 22.3. The van der Waals surface area contributed by atoms with Gasteiger partial charge < -0.3 is 0 Å². The Labute approximate surface area is 202 Å². The van der Waals surface area contributed by atoms with E-state index in [0.717, 1.165) is 5.69 Å². The molecule has 3 atom stereocenters. The van der Waals surface area contributed by atoms with Crippen molar-refractivity contribution >= 4 is 30.0 Å². The summed E-state index contributed by atoms with van der Waals surface area (Å²) in [7, 11) is -0.599. The Morgan fingerprint density at radius 1 is 0.818 bits per heavy atom. The second-order valence-corrected chi connectivity index (χ2v) is 12.5. The molecule has 2 heterocycles. The summed E-state index contributed by atoms with van der Waals surface area (Å²) in [6.45, 7) is 4.36. The highest BCUT2D eigenvalue weighted by Gasteiger charge is 2.51. The summed E-state index contributed by atoms with van der Waals surface area (Å²) in [5, 5.41) is 6.47. The predicted molar refractivity (Wildman–Crippen MR) is 142 cm³/mol. The summed E-state index contributed by atoms with van der Waals surface area (Å²) < 4.78 is 2.88. The highest BCUT2D eigenvalue weighted by atomic mass is 32.1. The Balaban J connectivity index is 1.43. The lowest BCUT2D eigenvalue weighted by molar-refractivity contribution is 0.261. The minimum absolute atomic E-state index is 0.417. The van der Waals surface area contributed by atoms with Gasteiger partial charge in [-0.1, -0.05) is 90.0 Å². The van der Waals surface area contributed by atoms with E-state index in [9.17, 15) is 0 Å². The average molecular weight is 469 g/mol. The minimum atomic E-state index is -0.599. The molecule has 2 bridgehead atoms. The summed E-state index contributed by atoms with van der Waals surface area (Å²) in [5.41, 5.74) is 4.98. The van der Waals surface area contributed by atoms with E-state index in [4.69, 9.17) is 4.98 Å². The largest absolute Gasteiger partial charge is 0.262 e. The highest BCUT2D eigenvalue weighted by Crippen LogP contribution is 2.60. The van der Waals surface area contributed by atoms with Crippen LogP contribution in [-0.4, -0.2) is 15.7 Å². The third kappa shape index (κ3) is 3.97.